The largest absolute Gasteiger partial charge is 0.492 e. The van der Waals surface area contributed by atoms with Gasteiger partial charge in [-0.05, 0) is 11.6 Å². The average Bonchev–Trinajstić information content (AvgIpc) is 2.08. The molecule has 0 atom stereocenters. The normalized spacial score (nSPS) is 8.42. The summed E-state index contributed by atoms with van der Waals surface area (Å²) in [5.74, 6) is 0.422. The first kappa shape index (κ1) is 11.5. The number of methoxy groups -OCH3 is 1. The monoisotopic (exact) mass is 208 g/mol. The molecule has 0 aromatic carbocycles. The van der Waals surface area contributed by atoms with Crippen LogP contribution in [0.1, 0.15) is 13.8 Å². The van der Waals surface area contributed by atoms with Crippen LogP contribution in [-0.2, 0) is 0 Å². The molecule has 0 saturated heterocycles. The van der Waals surface area contributed by atoms with Crippen molar-refractivity contribution in [1.29, 1.82) is 0 Å². The lowest BCUT2D eigenvalue weighted by atomic mass is 10.6. The molecule has 0 unspecified atom stereocenters. The van der Waals surface area contributed by atoms with Gasteiger partial charge in [-0.15, -0.1) is 0 Å². The standard InChI is InChI=1S/C5H4Cl2N2O.C2H6/c1-10-3-2-8-5(7)9-4(3)6;1-2/h2H,1H3;1-2H3. The third-order valence-electron chi connectivity index (χ3n) is 0.902. The van der Waals surface area contributed by atoms with E-state index in [0.717, 1.165) is 0 Å². The minimum Gasteiger partial charge on any atom is -0.492 e. The Labute approximate surface area is 81.7 Å². The molecular weight excluding hydrogens is 199 g/mol. The molecule has 0 bridgehead atoms. The number of hydrogen-bond donors (Lipinski definition) is 0. The molecule has 68 valence electrons. The molecule has 0 radical (unpaired) electrons. The van der Waals surface area contributed by atoms with Gasteiger partial charge in [0.25, 0.3) is 0 Å². The Hall–Kier alpha value is -0.540. The van der Waals surface area contributed by atoms with Gasteiger partial charge < -0.3 is 4.74 Å². The molecule has 0 N–H and O–H groups in total. The fourth-order valence-corrected chi connectivity index (χ4v) is 0.850. The highest BCUT2D eigenvalue weighted by molar-refractivity contribution is 6.32. The molecule has 0 aliphatic carbocycles. The third kappa shape index (κ3) is 3.24. The van der Waals surface area contributed by atoms with Crippen molar-refractivity contribution in [3.8, 4) is 5.75 Å². The van der Waals surface area contributed by atoms with Crippen LogP contribution in [0.25, 0.3) is 0 Å². The zero-order chi connectivity index (χ0) is 9.56. The predicted molar refractivity (Wildman–Crippen MR) is 50.0 cm³/mol. The molecule has 12 heavy (non-hydrogen) atoms. The molecule has 1 aromatic heterocycles. The van der Waals surface area contributed by atoms with E-state index in [2.05, 4.69) is 9.97 Å². The van der Waals surface area contributed by atoms with Gasteiger partial charge >= 0.3 is 0 Å². The van der Waals surface area contributed by atoms with Crippen LogP contribution in [0.15, 0.2) is 6.20 Å². The van der Waals surface area contributed by atoms with Crippen LogP contribution in [0.3, 0.4) is 0 Å². The number of hydrogen-bond acceptors (Lipinski definition) is 3. The van der Waals surface area contributed by atoms with E-state index in [1.165, 1.54) is 13.3 Å². The Morgan fingerprint density at radius 3 is 2.33 bits per heavy atom. The Morgan fingerprint density at radius 2 is 1.92 bits per heavy atom. The molecule has 1 aromatic rings. The first-order chi connectivity index (χ1) is 5.74. The summed E-state index contributed by atoms with van der Waals surface area (Å²) in [6, 6.07) is 0. The van der Waals surface area contributed by atoms with E-state index in [-0.39, 0.29) is 10.4 Å². The van der Waals surface area contributed by atoms with Gasteiger partial charge in [0.05, 0.1) is 13.3 Å². The van der Waals surface area contributed by atoms with Gasteiger partial charge in [-0.25, -0.2) is 9.97 Å². The SMILES string of the molecule is CC.COc1cnc(Cl)nc1Cl. The maximum atomic E-state index is 5.57. The van der Waals surface area contributed by atoms with Crippen molar-refractivity contribution in [2.75, 3.05) is 7.11 Å². The molecule has 0 amide bonds. The summed E-state index contributed by atoms with van der Waals surface area (Å²) < 4.78 is 4.78. The molecule has 3 nitrogen and oxygen atoms in total. The molecule has 1 heterocycles. The summed E-state index contributed by atoms with van der Waals surface area (Å²) in [5.41, 5.74) is 0. The Bertz CT molecular complexity index is 243. The highest BCUT2D eigenvalue weighted by Gasteiger charge is 2.01. The van der Waals surface area contributed by atoms with Crippen LogP contribution in [0, 0.1) is 0 Å². The van der Waals surface area contributed by atoms with E-state index >= 15 is 0 Å². The van der Waals surface area contributed by atoms with Crippen LogP contribution in [0.2, 0.25) is 10.4 Å². The molecule has 5 heteroatoms. The summed E-state index contributed by atoms with van der Waals surface area (Å²) >= 11 is 11.0. The fourth-order valence-electron chi connectivity index (χ4n) is 0.467. The molecule has 1 rings (SSSR count). The maximum absolute atomic E-state index is 5.57. The van der Waals surface area contributed by atoms with Crippen LogP contribution in [0.5, 0.6) is 5.75 Å². The number of aromatic nitrogens is 2. The van der Waals surface area contributed by atoms with E-state index in [0.29, 0.717) is 5.75 Å². The number of rotatable bonds is 1. The van der Waals surface area contributed by atoms with Gasteiger partial charge in [0.2, 0.25) is 5.28 Å². The van der Waals surface area contributed by atoms with E-state index in [9.17, 15) is 0 Å². The van der Waals surface area contributed by atoms with Crippen LogP contribution in [0.4, 0.5) is 0 Å². The topological polar surface area (TPSA) is 35.0 Å². The van der Waals surface area contributed by atoms with Gasteiger partial charge in [-0.2, -0.15) is 0 Å². The van der Waals surface area contributed by atoms with Crippen molar-refractivity contribution in [2.24, 2.45) is 0 Å². The van der Waals surface area contributed by atoms with E-state index in [4.69, 9.17) is 27.9 Å². The lowest BCUT2D eigenvalue weighted by Crippen LogP contribution is -1.88. The number of nitrogens with zero attached hydrogens (tertiary/aromatic N) is 2. The summed E-state index contributed by atoms with van der Waals surface area (Å²) in [6.45, 7) is 4.00. The van der Waals surface area contributed by atoms with Crippen molar-refractivity contribution in [1.82, 2.24) is 9.97 Å². The lowest BCUT2D eigenvalue weighted by Gasteiger charge is -1.98. The van der Waals surface area contributed by atoms with Gasteiger partial charge in [0, 0.05) is 0 Å². The van der Waals surface area contributed by atoms with Crippen molar-refractivity contribution in [3.63, 3.8) is 0 Å². The van der Waals surface area contributed by atoms with Gasteiger partial charge in [-0.1, -0.05) is 25.4 Å². The summed E-state index contributed by atoms with van der Waals surface area (Å²) in [7, 11) is 1.48. The van der Waals surface area contributed by atoms with Crippen molar-refractivity contribution >= 4 is 23.2 Å². The Kier molecular flexibility index (Phi) is 5.76. The zero-order valence-electron chi connectivity index (χ0n) is 7.14. The molecule has 0 spiro atoms. The second-order valence-corrected chi connectivity index (χ2v) is 2.19. The van der Waals surface area contributed by atoms with Gasteiger partial charge in [-0.3, -0.25) is 0 Å². The van der Waals surface area contributed by atoms with E-state index < -0.39 is 0 Å². The fraction of sp³-hybridized carbons (Fsp3) is 0.429. The third-order valence-corrected chi connectivity index (χ3v) is 1.35. The zero-order valence-corrected chi connectivity index (χ0v) is 8.65. The van der Waals surface area contributed by atoms with Gasteiger partial charge in [0.1, 0.15) is 0 Å². The van der Waals surface area contributed by atoms with Crippen molar-refractivity contribution in [2.45, 2.75) is 13.8 Å². The van der Waals surface area contributed by atoms with Crippen LogP contribution in [-0.4, -0.2) is 17.1 Å². The quantitative estimate of drug-likeness (QED) is 0.526. The van der Waals surface area contributed by atoms with Crippen LogP contribution >= 0.6 is 23.2 Å². The smallest absolute Gasteiger partial charge is 0.224 e. The number of ether oxygens (including phenoxy) is 1. The van der Waals surface area contributed by atoms with E-state index in [1.54, 1.807) is 0 Å². The predicted octanol–water partition coefficient (Wildman–Crippen LogP) is 2.82. The highest BCUT2D eigenvalue weighted by atomic mass is 35.5. The first-order valence-corrected chi connectivity index (χ1v) is 4.21. The van der Waals surface area contributed by atoms with Crippen molar-refractivity contribution < 1.29 is 4.74 Å². The molecule has 0 aliphatic heterocycles. The molecular formula is C7H10Cl2N2O. The minimum atomic E-state index is 0.116. The molecule has 0 aliphatic rings. The molecule has 0 saturated carbocycles. The van der Waals surface area contributed by atoms with Gasteiger partial charge in [0.15, 0.2) is 10.9 Å². The highest BCUT2D eigenvalue weighted by Crippen LogP contribution is 2.20. The Balaban J connectivity index is 0.000000561. The number of halogens is 2. The minimum absolute atomic E-state index is 0.116. The van der Waals surface area contributed by atoms with Crippen molar-refractivity contribution in [3.05, 3.63) is 16.6 Å². The Morgan fingerprint density at radius 1 is 1.33 bits per heavy atom. The van der Waals surface area contributed by atoms with Crippen LogP contribution < -0.4 is 4.74 Å². The van der Waals surface area contributed by atoms with E-state index in [1.807, 2.05) is 13.8 Å². The summed E-state index contributed by atoms with van der Waals surface area (Å²) in [5, 5.41) is 0.341. The second-order valence-electron chi connectivity index (χ2n) is 1.50. The average molecular weight is 209 g/mol. The summed E-state index contributed by atoms with van der Waals surface area (Å²) in [4.78, 5) is 7.29. The molecule has 0 fully saturated rings. The summed E-state index contributed by atoms with van der Waals surface area (Å²) in [6.07, 6.45) is 1.41. The lowest BCUT2D eigenvalue weighted by molar-refractivity contribution is 0.411. The maximum Gasteiger partial charge on any atom is 0.224 e. The first-order valence-electron chi connectivity index (χ1n) is 3.46. The second kappa shape index (κ2) is 6.03.